The third-order valence-corrected chi connectivity index (χ3v) is 4.10. The fourth-order valence-electron chi connectivity index (χ4n) is 2.74. The average Bonchev–Trinajstić information content (AvgIpc) is 3.43. The van der Waals surface area contributed by atoms with Gasteiger partial charge < -0.3 is 18.9 Å². The summed E-state index contributed by atoms with van der Waals surface area (Å²) in [5.74, 6) is -1.19. The summed E-state index contributed by atoms with van der Waals surface area (Å²) in [6.07, 6.45) is 1.47. The number of benzene rings is 2. The van der Waals surface area contributed by atoms with E-state index in [1.54, 1.807) is 19.1 Å². The summed E-state index contributed by atoms with van der Waals surface area (Å²) < 4.78 is 44.0. The zero-order valence-corrected chi connectivity index (χ0v) is 15.7. The minimum Gasteiger partial charge on any atom is -0.493 e. The Morgan fingerprint density at radius 1 is 1.10 bits per heavy atom. The van der Waals surface area contributed by atoms with Crippen LogP contribution in [0.25, 0.3) is 23.1 Å². The lowest BCUT2D eigenvalue weighted by Gasteiger charge is -2.11. The Labute approximate surface area is 169 Å². The van der Waals surface area contributed by atoms with Crippen molar-refractivity contribution in [1.82, 2.24) is 10.2 Å². The van der Waals surface area contributed by atoms with Gasteiger partial charge in [-0.15, -0.1) is 10.2 Å². The van der Waals surface area contributed by atoms with Crippen molar-refractivity contribution in [1.29, 1.82) is 0 Å². The molecule has 4 rings (SSSR count). The zero-order valence-electron chi connectivity index (χ0n) is 15.7. The van der Waals surface area contributed by atoms with Crippen LogP contribution < -0.4 is 10.1 Å². The Kier molecular flexibility index (Phi) is 5.25. The van der Waals surface area contributed by atoms with Gasteiger partial charge in [-0.05, 0) is 55.5 Å². The van der Waals surface area contributed by atoms with Crippen molar-refractivity contribution in [2.45, 2.75) is 6.92 Å². The summed E-state index contributed by atoms with van der Waals surface area (Å²) in [7, 11) is 0. The van der Waals surface area contributed by atoms with Crippen molar-refractivity contribution in [3.05, 3.63) is 72.0 Å². The second-order valence-electron chi connectivity index (χ2n) is 6.11. The molecule has 1 N–H and O–H groups in total. The Hall–Kier alpha value is -4.01. The molecular weight excluding hydrogens is 396 g/mol. The third-order valence-electron chi connectivity index (χ3n) is 4.10. The van der Waals surface area contributed by atoms with E-state index in [0.717, 1.165) is 12.1 Å². The van der Waals surface area contributed by atoms with Gasteiger partial charge in [-0.1, -0.05) is 0 Å². The predicted octanol–water partition coefficient (Wildman–Crippen LogP) is 4.93. The number of rotatable bonds is 6. The maximum Gasteiger partial charge on any atom is 0.283 e. The molecule has 0 saturated carbocycles. The van der Waals surface area contributed by atoms with E-state index >= 15 is 0 Å². The van der Waals surface area contributed by atoms with Crippen LogP contribution in [0.2, 0.25) is 0 Å². The summed E-state index contributed by atoms with van der Waals surface area (Å²) in [5, 5.41) is 10.2. The molecule has 0 unspecified atom stereocenters. The smallest absolute Gasteiger partial charge is 0.283 e. The van der Waals surface area contributed by atoms with Gasteiger partial charge in [-0.3, -0.25) is 4.79 Å². The number of hydrogen-bond donors (Lipinski definition) is 1. The first kappa shape index (κ1) is 19.3. The minimum atomic E-state index is -0.726. The van der Waals surface area contributed by atoms with E-state index in [0.29, 0.717) is 11.3 Å². The second-order valence-corrected chi connectivity index (χ2v) is 6.11. The molecule has 0 fully saturated rings. The number of anilines is 1. The quantitative estimate of drug-likeness (QED) is 0.484. The van der Waals surface area contributed by atoms with Crippen molar-refractivity contribution < 1.29 is 27.1 Å². The molecule has 0 atom stereocenters. The molecule has 0 aliphatic rings. The van der Waals surface area contributed by atoms with Crippen molar-refractivity contribution in [2.24, 2.45) is 0 Å². The van der Waals surface area contributed by atoms with Gasteiger partial charge >= 0.3 is 0 Å². The average molecular weight is 411 g/mol. The van der Waals surface area contributed by atoms with Crippen molar-refractivity contribution in [2.75, 3.05) is 11.9 Å². The van der Waals surface area contributed by atoms with Gasteiger partial charge in [0.15, 0.2) is 5.76 Å². The first-order chi connectivity index (χ1) is 14.5. The number of nitrogens with one attached hydrogen (secondary N) is 1. The fourth-order valence-corrected chi connectivity index (χ4v) is 2.74. The van der Waals surface area contributed by atoms with E-state index in [1.807, 2.05) is 0 Å². The number of hydrogen-bond acceptors (Lipinski definition) is 6. The summed E-state index contributed by atoms with van der Waals surface area (Å²) >= 11 is 0. The summed E-state index contributed by atoms with van der Waals surface area (Å²) in [5.41, 5.74) is 0.183. The molecule has 2 aromatic heterocycles. The van der Waals surface area contributed by atoms with Gasteiger partial charge in [0.05, 0.1) is 24.1 Å². The van der Waals surface area contributed by atoms with Gasteiger partial charge in [0.25, 0.3) is 11.8 Å². The van der Waals surface area contributed by atoms with Crippen LogP contribution in [0.4, 0.5) is 14.5 Å². The molecule has 7 nitrogen and oxygen atoms in total. The highest BCUT2D eigenvalue weighted by molar-refractivity contribution is 6.06. The van der Waals surface area contributed by atoms with Crippen molar-refractivity contribution in [3.8, 4) is 28.9 Å². The van der Waals surface area contributed by atoms with Crippen LogP contribution in [0, 0.1) is 11.6 Å². The summed E-state index contributed by atoms with van der Waals surface area (Å²) in [6, 6.07) is 10.8. The van der Waals surface area contributed by atoms with Crippen molar-refractivity contribution in [3.63, 3.8) is 0 Å². The molecule has 30 heavy (non-hydrogen) atoms. The highest BCUT2D eigenvalue weighted by atomic mass is 19.1. The van der Waals surface area contributed by atoms with Crippen LogP contribution in [-0.4, -0.2) is 22.7 Å². The largest absolute Gasteiger partial charge is 0.493 e. The van der Waals surface area contributed by atoms with Crippen LogP contribution in [0.3, 0.4) is 0 Å². The second kappa shape index (κ2) is 8.16. The molecule has 0 saturated heterocycles. The molecule has 2 aromatic carbocycles. The maximum absolute atomic E-state index is 14.3. The Morgan fingerprint density at radius 3 is 2.70 bits per heavy atom. The molecule has 4 aromatic rings. The number of carbonyl (C=O) groups is 1. The lowest BCUT2D eigenvalue weighted by atomic mass is 10.1. The fraction of sp³-hybridized carbons (Fsp3) is 0.0952. The van der Waals surface area contributed by atoms with Gasteiger partial charge in [0.2, 0.25) is 5.89 Å². The van der Waals surface area contributed by atoms with E-state index in [1.165, 1.54) is 30.5 Å². The third kappa shape index (κ3) is 3.90. The summed E-state index contributed by atoms with van der Waals surface area (Å²) in [6.45, 7) is 2.01. The molecule has 0 bridgehead atoms. The van der Waals surface area contributed by atoms with Gasteiger partial charge in [-0.25, -0.2) is 8.78 Å². The Balaban J connectivity index is 1.62. The topological polar surface area (TPSA) is 90.4 Å². The maximum atomic E-state index is 14.3. The Bertz CT molecular complexity index is 1190. The number of halogens is 2. The molecular formula is C21H15F2N3O4. The molecule has 0 aliphatic carbocycles. The molecule has 0 spiro atoms. The lowest BCUT2D eigenvalue weighted by Crippen LogP contribution is -2.15. The van der Waals surface area contributed by atoms with E-state index in [-0.39, 0.29) is 35.4 Å². The number of nitrogens with zero attached hydrogens (tertiary/aromatic N) is 2. The monoisotopic (exact) mass is 411 g/mol. The standard InChI is InChI=1S/C21H15F2N3O4/c1-2-28-17-8-6-13(22)11-14(17)19(27)24-16-10-12(5-7-15(16)23)20-25-26-21(30-20)18-4-3-9-29-18/h3-11H,2H2,1H3,(H,24,27). The highest BCUT2D eigenvalue weighted by Gasteiger charge is 2.18. The van der Waals surface area contributed by atoms with Crippen LogP contribution in [-0.2, 0) is 0 Å². The molecule has 2 heterocycles. The van der Waals surface area contributed by atoms with Crippen LogP contribution in [0.1, 0.15) is 17.3 Å². The summed E-state index contributed by atoms with van der Waals surface area (Å²) in [4.78, 5) is 12.6. The first-order valence-electron chi connectivity index (χ1n) is 8.96. The van der Waals surface area contributed by atoms with E-state index in [9.17, 15) is 13.6 Å². The molecule has 152 valence electrons. The van der Waals surface area contributed by atoms with Gasteiger partial charge in [0, 0.05) is 5.56 Å². The van der Waals surface area contributed by atoms with E-state index in [4.69, 9.17) is 13.6 Å². The van der Waals surface area contributed by atoms with Gasteiger partial charge in [-0.2, -0.15) is 0 Å². The SMILES string of the molecule is CCOc1ccc(F)cc1C(=O)Nc1cc(-c2nnc(-c3ccco3)o2)ccc1F. The lowest BCUT2D eigenvalue weighted by molar-refractivity contribution is 0.102. The van der Waals surface area contributed by atoms with Crippen LogP contribution in [0.5, 0.6) is 5.75 Å². The van der Waals surface area contributed by atoms with Crippen LogP contribution in [0.15, 0.2) is 63.6 Å². The molecule has 0 radical (unpaired) electrons. The van der Waals surface area contributed by atoms with Crippen molar-refractivity contribution >= 4 is 11.6 Å². The zero-order chi connectivity index (χ0) is 21.1. The minimum absolute atomic E-state index is 0.0560. The number of amides is 1. The molecule has 1 amide bonds. The van der Waals surface area contributed by atoms with Crippen LogP contribution >= 0.6 is 0 Å². The normalized spacial score (nSPS) is 10.8. The highest BCUT2D eigenvalue weighted by Crippen LogP contribution is 2.28. The molecule has 9 heteroatoms. The molecule has 0 aliphatic heterocycles. The van der Waals surface area contributed by atoms with E-state index in [2.05, 4.69) is 15.5 Å². The Morgan fingerprint density at radius 2 is 1.93 bits per heavy atom. The van der Waals surface area contributed by atoms with Gasteiger partial charge in [0.1, 0.15) is 17.4 Å². The number of furan rings is 1. The number of aromatic nitrogens is 2. The van der Waals surface area contributed by atoms with E-state index < -0.39 is 17.5 Å². The number of ether oxygens (including phenoxy) is 1. The predicted molar refractivity (Wildman–Crippen MR) is 103 cm³/mol. The number of carbonyl (C=O) groups excluding carboxylic acids is 1. The first-order valence-corrected chi connectivity index (χ1v) is 8.96.